The Morgan fingerprint density at radius 3 is 2.61 bits per heavy atom. The molecule has 4 rings (SSSR count). The Labute approximate surface area is 169 Å². The monoisotopic (exact) mass is 392 g/mol. The van der Waals surface area contributed by atoms with Gasteiger partial charge < -0.3 is 10.1 Å². The maximum absolute atomic E-state index is 13.1. The molecule has 1 amide bonds. The molecule has 0 radical (unpaired) electrons. The lowest BCUT2D eigenvalue weighted by atomic mass is 9.90. The van der Waals surface area contributed by atoms with Gasteiger partial charge in [0, 0.05) is 17.3 Å². The molecule has 3 aromatic rings. The van der Waals surface area contributed by atoms with Gasteiger partial charge in [-0.15, -0.1) is 11.3 Å². The highest BCUT2D eigenvalue weighted by Gasteiger charge is 2.23. The third-order valence-electron chi connectivity index (χ3n) is 5.32. The molecule has 0 aliphatic heterocycles. The number of aryl methyl sites for hydroxylation is 1. The second-order valence-corrected chi connectivity index (χ2v) is 8.50. The van der Waals surface area contributed by atoms with Crippen molar-refractivity contribution in [2.75, 3.05) is 7.11 Å². The zero-order valence-electron chi connectivity index (χ0n) is 16.1. The molecule has 28 heavy (non-hydrogen) atoms. The first-order valence-corrected chi connectivity index (χ1v) is 10.4. The molecule has 0 fully saturated rings. The summed E-state index contributed by atoms with van der Waals surface area (Å²) >= 11 is 1.64. The van der Waals surface area contributed by atoms with Gasteiger partial charge in [-0.25, -0.2) is 0 Å². The van der Waals surface area contributed by atoms with Crippen molar-refractivity contribution in [3.05, 3.63) is 81.3 Å². The maximum atomic E-state index is 13.1. The number of methoxy groups -OCH3 is 1. The third kappa shape index (κ3) is 3.94. The molecule has 0 bridgehead atoms. The van der Waals surface area contributed by atoms with E-state index in [0.717, 1.165) is 34.6 Å². The molecule has 1 aliphatic rings. The Morgan fingerprint density at radius 2 is 1.89 bits per heavy atom. The van der Waals surface area contributed by atoms with Crippen LogP contribution in [0.15, 0.2) is 54.9 Å². The van der Waals surface area contributed by atoms with Crippen molar-refractivity contribution < 1.29 is 9.53 Å². The molecule has 0 spiro atoms. The van der Waals surface area contributed by atoms with Crippen LogP contribution in [0.3, 0.4) is 0 Å². The van der Waals surface area contributed by atoms with Gasteiger partial charge in [0.05, 0.1) is 18.0 Å². The van der Waals surface area contributed by atoms with Crippen LogP contribution in [0.25, 0.3) is 0 Å². The predicted octanol–water partition coefficient (Wildman–Crippen LogP) is 4.80. The number of ether oxygens (including phenoxy) is 1. The first-order valence-electron chi connectivity index (χ1n) is 9.60. The molecule has 0 saturated carbocycles. The van der Waals surface area contributed by atoms with Crippen molar-refractivity contribution in [2.45, 2.75) is 32.2 Å². The van der Waals surface area contributed by atoms with Crippen LogP contribution in [-0.4, -0.2) is 18.0 Å². The van der Waals surface area contributed by atoms with Gasteiger partial charge in [-0.2, -0.15) is 0 Å². The summed E-state index contributed by atoms with van der Waals surface area (Å²) in [7, 11) is 1.65. The van der Waals surface area contributed by atoms with Gasteiger partial charge in [-0.05, 0) is 72.2 Å². The van der Waals surface area contributed by atoms with E-state index in [1.54, 1.807) is 30.8 Å². The number of amides is 1. The van der Waals surface area contributed by atoms with Crippen molar-refractivity contribution in [3.63, 3.8) is 0 Å². The number of carbonyl (C=O) groups is 1. The lowest BCUT2D eigenvalue weighted by molar-refractivity contribution is 0.0947. The van der Waals surface area contributed by atoms with Crippen LogP contribution in [0.5, 0.6) is 5.75 Å². The lowest BCUT2D eigenvalue weighted by Gasteiger charge is -2.19. The number of hydrogen-bond donors (Lipinski definition) is 1. The van der Waals surface area contributed by atoms with Crippen LogP contribution in [0.4, 0.5) is 0 Å². The number of fused-ring (bicyclic) bond motifs is 1. The maximum Gasteiger partial charge on any atom is 0.262 e. The SMILES string of the molecule is COc1ccc(C(NC(=O)c2cc3c(s2)CCC(C)C3)c2ccncc2)cc1. The topological polar surface area (TPSA) is 51.2 Å². The van der Waals surface area contributed by atoms with Crippen molar-refractivity contribution in [1.82, 2.24) is 10.3 Å². The number of nitrogens with one attached hydrogen (secondary N) is 1. The Bertz CT molecular complexity index is 950. The summed E-state index contributed by atoms with van der Waals surface area (Å²) in [6.45, 7) is 2.28. The van der Waals surface area contributed by atoms with E-state index in [0.29, 0.717) is 5.92 Å². The standard InChI is InChI=1S/C23H24N2O2S/c1-15-3-8-20-18(13-15)14-21(28-20)23(26)25-22(17-9-11-24-12-10-17)16-4-6-19(27-2)7-5-16/h4-7,9-12,14-15,22H,3,8,13H2,1-2H3,(H,25,26). The van der Waals surface area contributed by atoms with Gasteiger partial charge in [-0.1, -0.05) is 19.1 Å². The van der Waals surface area contributed by atoms with Gasteiger partial charge in [0.15, 0.2) is 0 Å². The summed E-state index contributed by atoms with van der Waals surface area (Å²) in [5.74, 6) is 1.47. The highest BCUT2D eigenvalue weighted by atomic mass is 32.1. The minimum atomic E-state index is -0.237. The Hall–Kier alpha value is -2.66. The van der Waals surface area contributed by atoms with Gasteiger partial charge in [0.1, 0.15) is 5.75 Å². The van der Waals surface area contributed by atoms with Gasteiger partial charge in [0.2, 0.25) is 0 Å². The number of benzene rings is 1. The van der Waals surface area contributed by atoms with Crippen molar-refractivity contribution in [3.8, 4) is 5.75 Å². The van der Waals surface area contributed by atoms with E-state index < -0.39 is 0 Å². The molecule has 2 unspecified atom stereocenters. The molecular formula is C23H24N2O2S. The smallest absolute Gasteiger partial charge is 0.262 e. The van der Waals surface area contributed by atoms with E-state index in [1.165, 1.54) is 16.9 Å². The Kier molecular flexibility index (Phi) is 5.44. The molecule has 5 heteroatoms. The number of carbonyl (C=O) groups excluding carboxylic acids is 1. The number of pyridine rings is 1. The fraction of sp³-hybridized carbons (Fsp3) is 0.304. The fourth-order valence-electron chi connectivity index (χ4n) is 3.73. The molecule has 2 atom stereocenters. The summed E-state index contributed by atoms with van der Waals surface area (Å²) in [6, 6.07) is 13.5. The van der Waals surface area contributed by atoms with E-state index >= 15 is 0 Å². The van der Waals surface area contributed by atoms with Crippen LogP contribution in [-0.2, 0) is 12.8 Å². The summed E-state index contributed by atoms with van der Waals surface area (Å²) < 4.78 is 5.26. The zero-order valence-corrected chi connectivity index (χ0v) is 17.0. The fourth-order valence-corrected chi connectivity index (χ4v) is 4.84. The summed E-state index contributed by atoms with van der Waals surface area (Å²) in [5.41, 5.74) is 3.36. The van der Waals surface area contributed by atoms with Crippen LogP contribution >= 0.6 is 11.3 Å². The molecule has 4 nitrogen and oxygen atoms in total. The van der Waals surface area contributed by atoms with Crippen LogP contribution < -0.4 is 10.1 Å². The lowest BCUT2D eigenvalue weighted by Crippen LogP contribution is -2.28. The average molecular weight is 393 g/mol. The number of thiophene rings is 1. The molecule has 0 saturated heterocycles. The van der Waals surface area contributed by atoms with Crippen molar-refractivity contribution >= 4 is 17.2 Å². The van der Waals surface area contributed by atoms with E-state index in [1.807, 2.05) is 36.4 Å². The Morgan fingerprint density at radius 1 is 1.18 bits per heavy atom. The van der Waals surface area contributed by atoms with Crippen molar-refractivity contribution in [1.29, 1.82) is 0 Å². The number of hydrogen-bond acceptors (Lipinski definition) is 4. The van der Waals surface area contributed by atoms with Crippen LogP contribution in [0.1, 0.15) is 50.6 Å². The normalized spacial score (nSPS) is 16.9. The summed E-state index contributed by atoms with van der Waals surface area (Å²) in [5, 5.41) is 3.23. The molecule has 2 aromatic heterocycles. The third-order valence-corrected chi connectivity index (χ3v) is 6.55. The van der Waals surface area contributed by atoms with E-state index in [-0.39, 0.29) is 11.9 Å². The molecule has 1 N–H and O–H groups in total. The summed E-state index contributed by atoms with van der Waals surface area (Å²) in [4.78, 5) is 19.4. The van der Waals surface area contributed by atoms with Crippen molar-refractivity contribution in [2.24, 2.45) is 5.92 Å². The van der Waals surface area contributed by atoms with Crippen LogP contribution in [0, 0.1) is 5.92 Å². The molecular weight excluding hydrogens is 368 g/mol. The first kappa shape index (κ1) is 18.7. The first-order chi connectivity index (χ1) is 13.6. The van der Waals surface area contributed by atoms with E-state index in [9.17, 15) is 4.79 Å². The van der Waals surface area contributed by atoms with Gasteiger partial charge >= 0.3 is 0 Å². The van der Waals surface area contributed by atoms with Gasteiger partial charge in [0.25, 0.3) is 5.91 Å². The second kappa shape index (κ2) is 8.15. The average Bonchev–Trinajstić information content (AvgIpc) is 3.16. The molecule has 1 aromatic carbocycles. The minimum absolute atomic E-state index is 0.0234. The highest BCUT2D eigenvalue weighted by molar-refractivity contribution is 7.14. The number of nitrogens with zero attached hydrogens (tertiary/aromatic N) is 1. The Balaban J connectivity index is 1.61. The quantitative estimate of drug-likeness (QED) is 0.679. The van der Waals surface area contributed by atoms with E-state index in [2.05, 4.69) is 23.3 Å². The number of aromatic nitrogens is 1. The molecule has 1 aliphatic carbocycles. The summed E-state index contributed by atoms with van der Waals surface area (Å²) in [6.07, 6.45) is 6.87. The zero-order chi connectivity index (χ0) is 19.5. The minimum Gasteiger partial charge on any atom is -0.497 e. The predicted molar refractivity (Wildman–Crippen MR) is 112 cm³/mol. The van der Waals surface area contributed by atoms with E-state index in [4.69, 9.17) is 4.74 Å². The van der Waals surface area contributed by atoms with Gasteiger partial charge in [-0.3, -0.25) is 9.78 Å². The number of rotatable bonds is 5. The molecule has 2 heterocycles. The molecule has 144 valence electrons. The second-order valence-electron chi connectivity index (χ2n) is 7.37. The highest BCUT2D eigenvalue weighted by Crippen LogP contribution is 2.33. The largest absolute Gasteiger partial charge is 0.497 e. The van der Waals surface area contributed by atoms with Crippen LogP contribution in [0.2, 0.25) is 0 Å².